The van der Waals surface area contributed by atoms with Crippen molar-refractivity contribution in [1.82, 2.24) is 4.57 Å². The van der Waals surface area contributed by atoms with E-state index in [0.29, 0.717) is 10.5 Å². The number of benzene rings is 2. The Morgan fingerprint density at radius 2 is 1.80 bits per heavy atom. The van der Waals surface area contributed by atoms with Gasteiger partial charge in [-0.1, -0.05) is 29.4 Å². The number of aliphatic hydroxyl groups excluding tert-OH is 4. The van der Waals surface area contributed by atoms with Crippen molar-refractivity contribution in [3.8, 4) is 5.75 Å². The van der Waals surface area contributed by atoms with Gasteiger partial charge in [0.05, 0.1) is 24.3 Å². The average Bonchev–Trinajstić information content (AvgIpc) is 3.12. The van der Waals surface area contributed by atoms with Crippen LogP contribution in [0.15, 0.2) is 58.5 Å². The highest BCUT2D eigenvalue weighted by Crippen LogP contribution is 2.41. The van der Waals surface area contributed by atoms with Crippen LogP contribution >= 0.6 is 23.4 Å². The van der Waals surface area contributed by atoms with Crippen molar-refractivity contribution in [2.75, 3.05) is 13.7 Å². The number of rotatable bonds is 5. The third-order valence-corrected chi connectivity index (χ3v) is 6.55. The molecule has 0 saturated carbocycles. The van der Waals surface area contributed by atoms with Crippen LogP contribution in [0.5, 0.6) is 5.75 Å². The molecule has 1 aliphatic rings. The molecule has 1 saturated heterocycles. The van der Waals surface area contributed by atoms with Gasteiger partial charge in [-0.05, 0) is 36.4 Å². The van der Waals surface area contributed by atoms with Gasteiger partial charge < -0.3 is 34.5 Å². The molecule has 30 heavy (non-hydrogen) atoms. The number of hydrogen-bond donors (Lipinski definition) is 4. The predicted molar refractivity (Wildman–Crippen MR) is 113 cm³/mol. The van der Waals surface area contributed by atoms with Crippen LogP contribution in [-0.4, -0.2) is 63.1 Å². The minimum absolute atomic E-state index is 0.491. The Kier molecular flexibility index (Phi) is 6.26. The van der Waals surface area contributed by atoms with Gasteiger partial charge in [0, 0.05) is 21.4 Å². The van der Waals surface area contributed by atoms with Crippen molar-refractivity contribution in [2.45, 2.75) is 40.4 Å². The Morgan fingerprint density at radius 3 is 2.47 bits per heavy atom. The van der Waals surface area contributed by atoms with E-state index in [1.54, 1.807) is 30.0 Å². The second kappa shape index (κ2) is 8.76. The molecule has 3 aromatic rings. The monoisotopic (exact) mass is 451 g/mol. The lowest BCUT2D eigenvalue weighted by Gasteiger charge is -2.40. The lowest BCUT2D eigenvalue weighted by molar-refractivity contribution is -0.250. The van der Waals surface area contributed by atoms with Crippen LogP contribution in [-0.2, 0) is 4.74 Å². The molecule has 0 bridgehead atoms. The molecule has 4 rings (SSSR count). The van der Waals surface area contributed by atoms with Gasteiger partial charge in [0.15, 0.2) is 6.23 Å². The Balaban J connectivity index is 1.76. The lowest BCUT2D eigenvalue weighted by Crippen LogP contribution is -2.56. The number of ether oxygens (including phenoxy) is 2. The summed E-state index contributed by atoms with van der Waals surface area (Å²) >= 11 is 7.98. The summed E-state index contributed by atoms with van der Waals surface area (Å²) in [7, 11) is 1.61. The van der Waals surface area contributed by atoms with Crippen molar-refractivity contribution in [3.63, 3.8) is 0 Å². The first-order valence-electron chi connectivity index (χ1n) is 9.36. The third-order valence-electron chi connectivity index (χ3n) is 5.20. The van der Waals surface area contributed by atoms with Gasteiger partial charge >= 0.3 is 0 Å². The summed E-state index contributed by atoms with van der Waals surface area (Å²) in [5, 5.41) is 41.7. The Hall–Kier alpha value is -1.78. The van der Waals surface area contributed by atoms with E-state index in [0.717, 1.165) is 20.9 Å². The molecule has 1 aliphatic heterocycles. The molecule has 4 N–H and O–H groups in total. The predicted octanol–water partition coefficient (Wildman–Crippen LogP) is 2.43. The first-order chi connectivity index (χ1) is 14.4. The van der Waals surface area contributed by atoms with E-state index in [4.69, 9.17) is 21.1 Å². The van der Waals surface area contributed by atoms with Crippen molar-refractivity contribution in [1.29, 1.82) is 0 Å². The highest BCUT2D eigenvalue weighted by Gasteiger charge is 2.44. The molecule has 0 radical (unpaired) electrons. The van der Waals surface area contributed by atoms with Crippen LogP contribution in [0.25, 0.3) is 10.9 Å². The van der Waals surface area contributed by atoms with E-state index in [9.17, 15) is 20.4 Å². The van der Waals surface area contributed by atoms with E-state index in [1.165, 1.54) is 11.8 Å². The summed E-state index contributed by atoms with van der Waals surface area (Å²) in [4.78, 5) is 1.79. The summed E-state index contributed by atoms with van der Waals surface area (Å²) in [6.07, 6.45) is -4.49. The highest BCUT2D eigenvalue weighted by molar-refractivity contribution is 7.99. The molecule has 2 heterocycles. The van der Waals surface area contributed by atoms with E-state index < -0.39 is 37.3 Å². The number of hydrogen-bond acceptors (Lipinski definition) is 7. The molecular weight excluding hydrogens is 430 g/mol. The SMILES string of the molecule is COc1ccc(Sc2cn([C@@H]3O[C@H](CO)[C@@H](O)[C@H](O)[C@H]3O)c3cccc(Cl)c23)cc1. The standard InChI is InChI=1S/C21H22ClNO6S/c1-28-11-5-7-12(8-6-11)30-16-9-23(14-4-2-3-13(22)17(14)16)21-20(27)19(26)18(25)15(10-24)29-21/h2-9,15,18-21,24-27H,10H2,1H3/t15-,18-,19+,20-,21-/m1/s1. The number of aromatic nitrogens is 1. The van der Waals surface area contributed by atoms with Gasteiger partial charge in [-0.2, -0.15) is 0 Å². The summed E-state index contributed by atoms with van der Waals surface area (Å²) in [6.45, 7) is -0.491. The zero-order chi connectivity index (χ0) is 21.4. The second-order valence-electron chi connectivity index (χ2n) is 7.03. The number of methoxy groups -OCH3 is 1. The first-order valence-corrected chi connectivity index (χ1v) is 10.6. The van der Waals surface area contributed by atoms with E-state index >= 15 is 0 Å². The molecule has 9 heteroatoms. The molecule has 0 aliphatic carbocycles. The molecule has 1 aromatic heterocycles. The van der Waals surface area contributed by atoms with Crippen molar-refractivity contribution in [2.24, 2.45) is 0 Å². The van der Waals surface area contributed by atoms with Crippen LogP contribution in [0, 0.1) is 0 Å². The Morgan fingerprint density at radius 1 is 1.07 bits per heavy atom. The molecule has 0 unspecified atom stereocenters. The summed E-state index contributed by atoms with van der Waals surface area (Å²) in [5.41, 5.74) is 0.697. The fourth-order valence-electron chi connectivity index (χ4n) is 3.60. The fraction of sp³-hybridized carbons (Fsp3) is 0.333. The maximum Gasteiger partial charge on any atom is 0.163 e. The molecule has 160 valence electrons. The Labute approximate surface area is 182 Å². The molecular formula is C21H22ClNO6S. The molecule has 0 spiro atoms. The minimum atomic E-state index is -1.46. The van der Waals surface area contributed by atoms with E-state index in [1.807, 2.05) is 30.3 Å². The van der Waals surface area contributed by atoms with Crippen LogP contribution in [0.2, 0.25) is 5.02 Å². The smallest absolute Gasteiger partial charge is 0.163 e. The van der Waals surface area contributed by atoms with Crippen LogP contribution in [0.4, 0.5) is 0 Å². The summed E-state index contributed by atoms with van der Waals surface area (Å²) < 4.78 is 12.6. The largest absolute Gasteiger partial charge is 0.497 e. The molecule has 1 fully saturated rings. The number of nitrogens with zero attached hydrogens (tertiary/aromatic N) is 1. The number of aliphatic hydroxyl groups is 4. The average molecular weight is 452 g/mol. The van der Waals surface area contributed by atoms with E-state index in [2.05, 4.69) is 0 Å². The van der Waals surface area contributed by atoms with Crippen molar-refractivity contribution >= 4 is 34.3 Å². The van der Waals surface area contributed by atoms with Gasteiger partial charge in [0.25, 0.3) is 0 Å². The van der Waals surface area contributed by atoms with Crippen LogP contribution in [0.1, 0.15) is 6.23 Å². The normalized spacial score (nSPS) is 26.8. The van der Waals surface area contributed by atoms with E-state index in [-0.39, 0.29) is 0 Å². The summed E-state index contributed by atoms with van der Waals surface area (Å²) in [6, 6.07) is 13.0. The van der Waals surface area contributed by atoms with Gasteiger partial charge in [0.2, 0.25) is 0 Å². The molecule has 5 atom stereocenters. The third kappa shape index (κ3) is 3.80. The topological polar surface area (TPSA) is 104 Å². The van der Waals surface area contributed by atoms with Crippen LogP contribution in [0.3, 0.4) is 0 Å². The number of fused-ring (bicyclic) bond motifs is 1. The highest BCUT2D eigenvalue weighted by atomic mass is 35.5. The molecule has 2 aromatic carbocycles. The molecule has 0 amide bonds. The Bertz CT molecular complexity index is 1020. The quantitative estimate of drug-likeness (QED) is 0.472. The fourth-order valence-corrected chi connectivity index (χ4v) is 4.94. The maximum atomic E-state index is 10.6. The first kappa shape index (κ1) is 21.5. The zero-order valence-electron chi connectivity index (χ0n) is 16.1. The molecule has 7 nitrogen and oxygen atoms in total. The summed E-state index contributed by atoms with van der Waals surface area (Å²) in [5.74, 6) is 0.751. The second-order valence-corrected chi connectivity index (χ2v) is 8.55. The number of halogens is 1. The zero-order valence-corrected chi connectivity index (χ0v) is 17.6. The minimum Gasteiger partial charge on any atom is -0.497 e. The van der Waals surface area contributed by atoms with Gasteiger partial charge in [0.1, 0.15) is 30.2 Å². The van der Waals surface area contributed by atoms with Crippen molar-refractivity contribution in [3.05, 3.63) is 53.7 Å². The van der Waals surface area contributed by atoms with Gasteiger partial charge in [-0.25, -0.2) is 0 Å². The van der Waals surface area contributed by atoms with Crippen LogP contribution < -0.4 is 4.74 Å². The van der Waals surface area contributed by atoms with Gasteiger partial charge in [-0.3, -0.25) is 0 Å². The lowest BCUT2D eigenvalue weighted by atomic mass is 9.98. The maximum absolute atomic E-state index is 10.6. The van der Waals surface area contributed by atoms with Gasteiger partial charge in [-0.15, -0.1) is 0 Å². The van der Waals surface area contributed by atoms with Crippen molar-refractivity contribution < 1.29 is 29.9 Å².